The maximum atomic E-state index is 12.1. The summed E-state index contributed by atoms with van der Waals surface area (Å²) in [6.07, 6.45) is 5.41. The zero-order valence-corrected chi connectivity index (χ0v) is 11.2. The van der Waals surface area contributed by atoms with Crippen LogP contribution < -0.4 is 5.32 Å². The number of aromatic nitrogens is 2. The average molecular weight is 248 g/mol. The minimum Gasteiger partial charge on any atom is -0.308 e. The molecule has 0 spiro atoms. The van der Waals surface area contributed by atoms with E-state index >= 15 is 0 Å². The predicted molar refractivity (Wildman–Crippen MR) is 69.9 cm³/mol. The minimum atomic E-state index is -0.0406. The van der Waals surface area contributed by atoms with Crippen molar-refractivity contribution < 1.29 is 4.79 Å². The topological polar surface area (TPSA) is 70.7 Å². The van der Waals surface area contributed by atoms with Crippen LogP contribution in [0, 0.1) is 17.2 Å². The van der Waals surface area contributed by atoms with Crippen LogP contribution in [0.4, 0.5) is 5.82 Å². The Labute approximate surface area is 108 Å². The predicted octanol–water partition coefficient (Wildman–Crippen LogP) is 2.45. The van der Waals surface area contributed by atoms with Gasteiger partial charge in [0.15, 0.2) is 5.82 Å². The highest BCUT2D eigenvalue weighted by atomic mass is 16.2. The van der Waals surface area contributed by atoms with Gasteiger partial charge in [-0.3, -0.25) is 9.48 Å². The van der Waals surface area contributed by atoms with E-state index in [1.807, 2.05) is 13.0 Å². The highest BCUT2D eigenvalue weighted by Crippen LogP contribution is 2.17. The van der Waals surface area contributed by atoms with E-state index in [2.05, 4.69) is 17.3 Å². The number of hydrogen-bond donors (Lipinski definition) is 1. The summed E-state index contributed by atoms with van der Waals surface area (Å²) in [6.45, 7) is 4.11. The number of rotatable bonds is 6. The van der Waals surface area contributed by atoms with Crippen LogP contribution in [0.25, 0.3) is 0 Å². The Hall–Kier alpha value is -1.83. The van der Waals surface area contributed by atoms with Crippen molar-refractivity contribution in [2.45, 2.75) is 39.5 Å². The Bertz CT molecular complexity index is 444. The van der Waals surface area contributed by atoms with Crippen molar-refractivity contribution in [2.24, 2.45) is 13.0 Å². The number of hydrogen-bond acceptors (Lipinski definition) is 3. The van der Waals surface area contributed by atoms with Gasteiger partial charge in [0.25, 0.3) is 0 Å². The number of nitrogens with zero attached hydrogens (tertiary/aromatic N) is 3. The highest BCUT2D eigenvalue weighted by Gasteiger charge is 2.18. The van der Waals surface area contributed by atoms with Crippen molar-refractivity contribution in [3.05, 3.63) is 11.8 Å². The third kappa shape index (κ3) is 3.59. The normalized spacial score (nSPS) is 11.9. The van der Waals surface area contributed by atoms with E-state index in [-0.39, 0.29) is 11.8 Å². The molecular formula is C13H20N4O. The van der Waals surface area contributed by atoms with Crippen LogP contribution in [0.1, 0.15) is 45.1 Å². The van der Waals surface area contributed by atoms with Crippen LogP contribution in [-0.4, -0.2) is 15.7 Å². The lowest BCUT2D eigenvalue weighted by Crippen LogP contribution is -2.23. The van der Waals surface area contributed by atoms with Crippen molar-refractivity contribution in [3.8, 4) is 6.07 Å². The smallest absolute Gasteiger partial charge is 0.228 e. The van der Waals surface area contributed by atoms with Crippen molar-refractivity contribution in [2.75, 3.05) is 5.32 Å². The Kier molecular flexibility index (Phi) is 5.37. The fourth-order valence-corrected chi connectivity index (χ4v) is 1.85. The summed E-state index contributed by atoms with van der Waals surface area (Å²) >= 11 is 0. The van der Waals surface area contributed by atoms with Crippen LogP contribution in [-0.2, 0) is 11.8 Å². The first kappa shape index (κ1) is 14.2. The van der Waals surface area contributed by atoms with Gasteiger partial charge >= 0.3 is 0 Å². The van der Waals surface area contributed by atoms with Crippen molar-refractivity contribution in [1.29, 1.82) is 5.26 Å². The second-order valence-corrected chi connectivity index (χ2v) is 4.41. The molecule has 18 heavy (non-hydrogen) atoms. The zero-order chi connectivity index (χ0) is 13.5. The maximum absolute atomic E-state index is 12.1. The fraction of sp³-hybridized carbons (Fsp3) is 0.615. The Morgan fingerprint density at radius 3 is 2.89 bits per heavy atom. The van der Waals surface area contributed by atoms with Crippen LogP contribution in [0.15, 0.2) is 6.20 Å². The van der Waals surface area contributed by atoms with Crippen LogP contribution >= 0.6 is 0 Å². The summed E-state index contributed by atoms with van der Waals surface area (Å²) in [6, 6.07) is 2.02. The Balaban J connectivity index is 2.70. The molecule has 0 radical (unpaired) electrons. The van der Waals surface area contributed by atoms with E-state index in [4.69, 9.17) is 5.26 Å². The first-order valence-corrected chi connectivity index (χ1v) is 6.36. The molecule has 0 aliphatic heterocycles. The number of nitrogens with one attached hydrogen (secondary N) is 1. The molecule has 5 nitrogen and oxygen atoms in total. The highest BCUT2D eigenvalue weighted by molar-refractivity contribution is 5.92. The van der Waals surface area contributed by atoms with Gasteiger partial charge in [0, 0.05) is 19.2 Å². The molecule has 98 valence electrons. The van der Waals surface area contributed by atoms with Gasteiger partial charge in [-0.25, -0.2) is 0 Å². The standard InChI is InChI=1S/C13H20N4O/c1-4-6-7-10(5-2)13(18)15-12-11(8-14)9-17(3)16-12/h9-10H,4-7H2,1-3H3,(H,15,16,18). The molecule has 0 bridgehead atoms. The second-order valence-electron chi connectivity index (χ2n) is 4.41. The van der Waals surface area contributed by atoms with E-state index < -0.39 is 0 Å². The minimum absolute atomic E-state index is 0.00139. The molecule has 1 amide bonds. The molecule has 0 saturated carbocycles. The van der Waals surface area contributed by atoms with Crippen LogP contribution in [0.3, 0.4) is 0 Å². The molecule has 0 saturated heterocycles. The summed E-state index contributed by atoms with van der Waals surface area (Å²) in [5, 5.41) is 15.8. The van der Waals surface area contributed by atoms with Gasteiger partial charge in [-0.15, -0.1) is 0 Å². The number of carbonyl (C=O) groups is 1. The summed E-state index contributed by atoms with van der Waals surface area (Å²) in [5.74, 6) is 0.319. The lowest BCUT2D eigenvalue weighted by atomic mass is 9.98. The molecule has 1 N–H and O–H groups in total. The zero-order valence-electron chi connectivity index (χ0n) is 11.2. The van der Waals surface area contributed by atoms with E-state index in [0.29, 0.717) is 11.4 Å². The molecule has 1 unspecified atom stereocenters. The SMILES string of the molecule is CCCCC(CC)C(=O)Nc1nn(C)cc1C#N. The molecule has 1 atom stereocenters. The molecular weight excluding hydrogens is 228 g/mol. The largest absolute Gasteiger partial charge is 0.308 e. The first-order valence-electron chi connectivity index (χ1n) is 6.36. The van der Waals surface area contributed by atoms with Crippen LogP contribution in [0.5, 0.6) is 0 Å². The number of nitriles is 1. The summed E-state index contributed by atoms with van der Waals surface area (Å²) < 4.78 is 1.53. The quantitative estimate of drug-likeness (QED) is 0.840. The summed E-state index contributed by atoms with van der Waals surface area (Å²) in [7, 11) is 1.73. The molecule has 5 heteroatoms. The second kappa shape index (κ2) is 6.80. The van der Waals surface area contributed by atoms with Gasteiger partial charge < -0.3 is 5.32 Å². The lowest BCUT2D eigenvalue weighted by molar-refractivity contribution is -0.120. The molecule has 1 aromatic heterocycles. The van der Waals surface area contributed by atoms with Crippen molar-refractivity contribution >= 4 is 11.7 Å². The molecule has 1 aromatic rings. The van der Waals surface area contributed by atoms with Crippen LogP contribution in [0.2, 0.25) is 0 Å². The molecule has 1 rings (SSSR count). The summed E-state index contributed by atoms with van der Waals surface area (Å²) in [5.41, 5.74) is 0.399. The number of anilines is 1. The van der Waals surface area contributed by atoms with Gasteiger partial charge in [-0.1, -0.05) is 26.7 Å². The average Bonchev–Trinajstić information content (AvgIpc) is 2.70. The molecule has 0 fully saturated rings. The third-order valence-corrected chi connectivity index (χ3v) is 2.96. The van der Waals surface area contributed by atoms with Gasteiger partial charge in [-0.05, 0) is 12.8 Å². The molecule has 0 aliphatic rings. The van der Waals surface area contributed by atoms with E-state index in [1.54, 1.807) is 13.2 Å². The molecule has 1 heterocycles. The van der Waals surface area contributed by atoms with E-state index in [9.17, 15) is 4.79 Å². The maximum Gasteiger partial charge on any atom is 0.228 e. The number of carbonyl (C=O) groups excluding carboxylic acids is 1. The number of unbranched alkanes of at least 4 members (excludes halogenated alkanes) is 1. The Morgan fingerprint density at radius 1 is 1.61 bits per heavy atom. The number of aryl methyl sites for hydroxylation is 1. The van der Waals surface area contributed by atoms with E-state index in [0.717, 1.165) is 25.7 Å². The van der Waals surface area contributed by atoms with Gasteiger partial charge in [0.2, 0.25) is 5.91 Å². The first-order chi connectivity index (χ1) is 8.62. The monoisotopic (exact) mass is 248 g/mol. The lowest BCUT2D eigenvalue weighted by Gasteiger charge is -2.13. The van der Waals surface area contributed by atoms with Crippen molar-refractivity contribution in [3.63, 3.8) is 0 Å². The molecule has 0 aromatic carbocycles. The van der Waals surface area contributed by atoms with Gasteiger partial charge in [-0.2, -0.15) is 10.4 Å². The fourth-order valence-electron chi connectivity index (χ4n) is 1.85. The van der Waals surface area contributed by atoms with E-state index in [1.165, 1.54) is 4.68 Å². The van der Waals surface area contributed by atoms with Gasteiger partial charge in [0.05, 0.1) is 0 Å². The van der Waals surface area contributed by atoms with Crippen molar-refractivity contribution in [1.82, 2.24) is 9.78 Å². The third-order valence-electron chi connectivity index (χ3n) is 2.96. The Morgan fingerprint density at radius 2 is 2.33 bits per heavy atom. The summed E-state index contributed by atoms with van der Waals surface area (Å²) in [4.78, 5) is 12.1. The van der Waals surface area contributed by atoms with Gasteiger partial charge in [0.1, 0.15) is 11.6 Å². The molecule has 0 aliphatic carbocycles. The number of amides is 1.